The van der Waals surface area contributed by atoms with Crippen molar-refractivity contribution in [2.45, 2.75) is 6.92 Å². The van der Waals surface area contributed by atoms with Crippen molar-refractivity contribution in [2.75, 3.05) is 11.9 Å². The summed E-state index contributed by atoms with van der Waals surface area (Å²) in [4.78, 5) is 48.0. The Morgan fingerprint density at radius 1 is 1.18 bits per heavy atom. The van der Waals surface area contributed by atoms with E-state index in [2.05, 4.69) is 5.32 Å². The van der Waals surface area contributed by atoms with Gasteiger partial charge in [0, 0.05) is 17.8 Å². The van der Waals surface area contributed by atoms with Gasteiger partial charge in [-0.2, -0.15) is 0 Å². The van der Waals surface area contributed by atoms with Crippen molar-refractivity contribution in [1.29, 1.82) is 0 Å². The SMILES string of the molecule is Cc1ccccc1NC(=O)CN1C(=O)S/C(=C/c2ccc([N+](=O)[O-])cc2)C1=O. The van der Waals surface area contributed by atoms with Crippen molar-refractivity contribution < 1.29 is 19.3 Å². The summed E-state index contributed by atoms with van der Waals surface area (Å²) in [6.07, 6.45) is 1.47. The van der Waals surface area contributed by atoms with Gasteiger partial charge in [-0.05, 0) is 54.1 Å². The lowest BCUT2D eigenvalue weighted by Gasteiger charge is -2.13. The predicted molar refractivity (Wildman–Crippen MR) is 106 cm³/mol. The highest BCUT2D eigenvalue weighted by Crippen LogP contribution is 2.32. The molecule has 8 nitrogen and oxygen atoms in total. The maximum atomic E-state index is 12.5. The molecule has 0 bridgehead atoms. The number of nitro benzene ring substituents is 1. The summed E-state index contributed by atoms with van der Waals surface area (Å²) in [6, 6.07) is 12.8. The lowest BCUT2D eigenvalue weighted by atomic mass is 10.2. The van der Waals surface area contributed by atoms with Gasteiger partial charge in [-0.1, -0.05) is 18.2 Å². The smallest absolute Gasteiger partial charge is 0.294 e. The molecule has 142 valence electrons. The Bertz CT molecular complexity index is 1000. The average molecular weight is 397 g/mol. The molecule has 0 radical (unpaired) electrons. The number of benzene rings is 2. The molecule has 0 aromatic heterocycles. The number of nitrogens with one attached hydrogen (secondary N) is 1. The van der Waals surface area contributed by atoms with Gasteiger partial charge in [0.15, 0.2) is 0 Å². The Morgan fingerprint density at radius 2 is 1.86 bits per heavy atom. The molecule has 2 aromatic carbocycles. The lowest BCUT2D eigenvalue weighted by Crippen LogP contribution is -2.36. The zero-order valence-corrected chi connectivity index (χ0v) is 15.6. The van der Waals surface area contributed by atoms with Crippen molar-refractivity contribution in [3.05, 3.63) is 74.7 Å². The van der Waals surface area contributed by atoms with E-state index in [0.29, 0.717) is 11.3 Å². The minimum atomic E-state index is -0.576. The molecular formula is C19H15N3O5S. The molecule has 0 spiro atoms. The monoisotopic (exact) mass is 397 g/mol. The summed E-state index contributed by atoms with van der Waals surface area (Å²) in [6.45, 7) is 1.44. The van der Waals surface area contributed by atoms with Crippen LogP contribution in [0.2, 0.25) is 0 Å². The molecule has 0 unspecified atom stereocenters. The van der Waals surface area contributed by atoms with E-state index in [-0.39, 0.29) is 10.6 Å². The first-order valence-electron chi connectivity index (χ1n) is 8.20. The maximum absolute atomic E-state index is 12.5. The first-order chi connectivity index (χ1) is 13.3. The van der Waals surface area contributed by atoms with Gasteiger partial charge in [-0.3, -0.25) is 29.4 Å². The molecular weight excluding hydrogens is 382 g/mol. The minimum Gasteiger partial charge on any atom is -0.324 e. The van der Waals surface area contributed by atoms with E-state index in [9.17, 15) is 24.5 Å². The number of thioether (sulfide) groups is 1. The Labute approximate surface area is 164 Å². The van der Waals surface area contributed by atoms with Crippen LogP contribution in [0.4, 0.5) is 16.2 Å². The predicted octanol–water partition coefficient (Wildman–Crippen LogP) is 3.58. The molecule has 0 saturated carbocycles. The third kappa shape index (κ3) is 4.26. The number of amides is 3. The maximum Gasteiger partial charge on any atom is 0.294 e. The second kappa shape index (κ2) is 8.05. The van der Waals surface area contributed by atoms with E-state index in [1.807, 2.05) is 19.1 Å². The second-order valence-electron chi connectivity index (χ2n) is 5.98. The largest absolute Gasteiger partial charge is 0.324 e. The Balaban J connectivity index is 1.70. The van der Waals surface area contributed by atoms with Crippen LogP contribution in [0.25, 0.3) is 6.08 Å². The molecule has 28 heavy (non-hydrogen) atoms. The fourth-order valence-corrected chi connectivity index (χ4v) is 3.36. The molecule has 1 aliphatic heterocycles. The number of carbonyl (C=O) groups excluding carboxylic acids is 3. The van der Waals surface area contributed by atoms with Crippen molar-refractivity contribution >= 4 is 46.3 Å². The lowest BCUT2D eigenvalue weighted by molar-refractivity contribution is -0.384. The van der Waals surface area contributed by atoms with Crippen molar-refractivity contribution in [1.82, 2.24) is 4.90 Å². The first-order valence-corrected chi connectivity index (χ1v) is 9.02. The Morgan fingerprint density at radius 3 is 2.50 bits per heavy atom. The summed E-state index contributed by atoms with van der Waals surface area (Å²) in [7, 11) is 0. The summed E-state index contributed by atoms with van der Waals surface area (Å²) in [5.74, 6) is -1.05. The number of non-ortho nitro benzene ring substituents is 1. The highest BCUT2D eigenvalue weighted by Gasteiger charge is 2.36. The summed E-state index contributed by atoms with van der Waals surface area (Å²) < 4.78 is 0. The number of para-hydroxylation sites is 1. The molecule has 0 aliphatic carbocycles. The Hall–Kier alpha value is -3.46. The number of carbonyl (C=O) groups is 3. The van der Waals surface area contributed by atoms with E-state index in [0.717, 1.165) is 22.2 Å². The van der Waals surface area contributed by atoms with E-state index in [4.69, 9.17) is 0 Å². The molecule has 1 N–H and O–H groups in total. The van der Waals surface area contributed by atoms with E-state index < -0.39 is 28.5 Å². The summed E-state index contributed by atoms with van der Waals surface area (Å²) >= 11 is 0.723. The third-order valence-electron chi connectivity index (χ3n) is 4.00. The molecule has 1 heterocycles. The molecule has 3 amide bonds. The fourth-order valence-electron chi connectivity index (χ4n) is 2.53. The fraction of sp³-hybridized carbons (Fsp3) is 0.105. The van der Waals surface area contributed by atoms with Gasteiger partial charge >= 0.3 is 0 Å². The number of hydrogen-bond acceptors (Lipinski definition) is 6. The topological polar surface area (TPSA) is 110 Å². The molecule has 9 heteroatoms. The third-order valence-corrected chi connectivity index (χ3v) is 4.90. The van der Waals surface area contributed by atoms with Crippen LogP contribution in [0.15, 0.2) is 53.4 Å². The zero-order valence-electron chi connectivity index (χ0n) is 14.7. The second-order valence-corrected chi connectivity index (χ2v) is 6.97. The van der Waals surface area contributed by atoms with E-state index >= 15 is 0 Å². The molecule has 1 saturated heterocycles. The first kappa shape index (κ1) is 19.3. The standard InChI is InChI=1S/C19H15N3O5S/c1-12-4-2-3-5-15(12)20-17(23)11-21-18(24)16(28-19(21)25)10-13-6-8-14(9-7-13)22(26)27/h2-10H,11H2,1H3,(H,20,23)/b16-10+. The molecule has 1 fully saturated rings. The van der Waals surface area contributed by atoms with Crippen LogP contribution < -0.4 is 5.32 Å². The normalized spacial score (nSPS) is 15.2. The average Bonchev–Trinajstić information content (AvgIpc) is 2.91. The van der Waals surface area contributed by atoms with Gasteiger partial charge in [0.1, 0.15) is 6.54 Å². The zero-order chi connectivity index (χ0) is 20.3. The summed E-state index contributed by atoms with van der Waals surface area (Å²) in [5.41, 5.74) is 1.95. The number of anilines is 1. The number of imide groups is 1. The molecule has 0 atom stereocenters. The number of aryl methyl sites for hydroxylation is 1. The van der Waals surface area contributed by atoms with Crippen LogP contribution in [0, 0.1) is 17.0 Å². The van der Waals surface area contributed by atoms with Gasteiger partial charge < -0.3 is 5.32 Å². The molecule has 1 aliphatic rings. The number of nitro groups is 1. The molecule has 3 rings (SSSR count). The number of rotatable bonds is 5. The Kier molecular flexibility index (Phi) is 5.55. The van der Waals surface area contributed by atoms with Crippen LogP contribution >= 0.6 is 11.8 Å². The van der Waals surface area contributed by atoms with Crippen LogP contribution in [0.3, 0.4) is 0 Å². The van der Waals surface area contributed by atoms with Crippen molar-refractivity contribution in [3.63, 3.8) is 0 Å². The minimum absolute atomic E-state index is 0.0712. The summed E-state index contributed by atoms with van der Waals surface area (Å²) in [5, 5.41) is 12.8. The quantitative estimate of drug-likeness (QED) is 0.469. The van der Waals surface area contributed by atoms with Crippen LogP contribution in [-0.4, -0.2) is 33.4 Å². The van der Waals surface area contributed by atoms with E-state index in [1.54, 1.807) is 12.1 Å². The van der Waals surface area contributed by atoms with Gasteiger partial charge in [0.05, 0.1) is 9.83 Å². The number of nitrogens with zero attached hydrogens (tertiary/aromatic N) is 2. The van der Waals surface area contributed by atoms with Gasteiger partial charge in [0.25, 0.3) is 16.8 Å². The van der Waals surface area contributed by atoms with Gasteiger partial charge in [-0.15, -0.1) is 0 Å². The van der Waals surface area contributed by atoms with Gasteiger partial charge in [-0.25, -0.2) is 0 Å². The highest BCUT2D eigenvalue weighted by molar-refractivity contribution is 8.18. The number of hydrogen-bond donors (Lipinski definition) is 1. The molecule has 2 aromatic rings. The van der Waals surface area contributed by atoms with Crippen LogP contribution in [0.5, 0.6) is 0 Å². The van der Waals surface area contributed by atoms with Crippen LogP contribution in [0.1, 0.15) is 11.1 Å². The van der Waals surface area contributed by atoms with Crippen molar-refractivity contribution in [3.8, 4) is 0 Å². The van der Waals surface area contributed by atoms with Crippen LogP contribution in [-0.2, 0) is 9.59 Å². The van der Waals surface area contributed by atoms with Gasteiger partial charge in [0.2, 0.25) is 5.91 Å². The van der Waals surface area contributed by atoms with E-state index in [1.165, 1.54) is 30.3 Å². The van der Waals surface area contributed by atoms with Crippen molar-refractivity contribution in [2.24, 2.45) is 0 Å². The highest BCUT2D eigenvalue weighted by atomic mass is 32.2.